The first-order valence-corrected chi connectivity index (χ1v) is 12.3. The lowest BCUT2D eigenvalue weighted by molar-refractivity contribution is -0.949. The van der Waals surface area contributed by atoms with E-state index in [1.807, 2.05) is 91.0 Å². The minimum Gasteiger partial charge on any atom is -0.454 e. The summed E-state index contributed by atoms with van der Waals surface area (Å²) in [5.74, 6) is 0.154. The summed E-state index contributed by atoms with van der Waals surface area (Å²) in [5, 5.41) is 14.3. The van der Waals surface area contributed by atoms with Gasteiger partial charge in [0.15, 0.2) is 12.1 Å². The van der Waals surface area contributed by atoms with Gasteiger partial charge >= 0.3 is 5.97 Å². The molecule has 34 heavy (non-hydrogen) atoms. The molecular formula is C29H33N2O3+. The highest BCUT2D eigenvalue weighted by molar-refractivity contribution is 5.81. The molecule has 176 valence electrons. The lowest BCUT2D eigenvalue weighted by Crippen LogP contribution is -2.65. The van der Waals surface area contributed by atoms with E-state index in [0.29, 0.717) is 12.5 Å². The van der Waals surface area contributed by atoms with Gasteiger partial charge in [-0.25, -0.2) is 4.79 Å². The summed E-state index contributed by atoms with van der Waals surface area (Å²) in [6, 6.07) is 28.9. The van der Waals surface area contributed by atoms with Crippen LogP contribution in [-0.4, -0.2) is 47.8 Å². The molecule has 2 N–H and O–H groups in total. The minimum atomic E-state index is -0.567. The first-order valence-electron chi connectivity index (χ1n) is 12.3. The van der Waals surface area contributed by atoms with Gasteiger partial charge in [-0.1, -0.05) is 78.9 Å². The van der Waals surface area contributed by atoms with Crippen molar-refractivity contribution in [3.8, 4) is 0 Å². The summed E-state index contributed by atoms with van der Waals surface area (Å²) in [4.78, 5) is 13.5. The smallest absolute Gasteiger partial charge is 0.333 e. The monoisotopic (exact) mass is 457 g/mol. The molecule has 0 aromatic heterocycles. The average Bonchev–Trinajstić information content (AvgIpc) is 2.89. The van der Waals surface area contributed by atoms with Gasteiger partial charge in [0.05, 0.1) is 13.1 Å². The fraction of sp³-hybridized carbons (Fsp3) is 0.345. The Labute approximate surface area is 201 Å². The maximum Gasteiger partial charge on any atom is 0.333 e. The zero-order valence-electron chi connectivity index (χ0n) is 19.4. The van der Waals surface area contributed by atoms with E-state index in [2.05, 4.69) is 5.32 Å². The molecule has 3 heterocycles. The van der Waals surface area contributed by atoms with E-state index < -0.39 is 12.1 Å². The van der Waals surface area contributed by atoms with Crippen molar-refractivity contribution in [3.63, 3.8) is 0 Å². The highest BCUT2D eigenvalue weighted by atomic mass is 16.5. The van der Waals surface area contributed by atoms with Crippen LogP contribution in [0.25, 0.3) is 0 Å². The lowest BCUT2D eigenvalue weighted by atomic mass is 9.82. The number of ether oxygens (including phenoxy) is 1. The number of para-hydroxylation sites is 1. The van der Waals surface area contributed by atoms with E-state index in [9.17, 15) is 9.90 Å². The van der Waals surface area contributed by atoms with E-state index >= 15 is 0 Å². The van der Waals surface area contributed by atoms with E-state index in [0.717, 1.165) is 53.8 Å². The molecule has 5 heteroatoms. The minimum absolute atomic E-state index is 0.123. The number of aliphatic hydroxyl groups excluding tert-OH is 1. The second-order valence-electron chi connectivity index (χ2n) is 9.75. The molecule has 5 nitrogen and oxygen atoms in total. The van der Waals surface area contributed by atoms with Crippen LogP contribution in [-0.2, 0) is 9.53 Å². The highest BCUT2D eigenvalue weighted by Gasteiger charge is 2.48. The quantitative estimate of drug-likeness (QED) is 0.379. The number of hydrogen-bond acceptors (Lipinski definition) is 4. The molecule has 2 bridgehead atoms. The van der Waals surface area contributed by atoms with Crippen molar-refractivity contribution >= 4 is 11.7 Å². The number of piperidine rings is 3. The summed E-state index contributed by atoms with van der Waals surface area (Å²) in [7, 11) is 0. The van der Waals surface area contributed by atoms with E-state index in [4.69, 9.17) is 4.74 Å². The highest BCUT2D eigenvalue weighted by Crippen LogP contribution is 2.38. The van der Waals surface area contributed by atoms with Gasteiger partial charge in [-0.2, -0.15) is 0 Å². The van der Waals surface area contributed by atoms with Crippen LogP contribution in [0.5, 0.6) is 0 Å². The number of carbonyl (C=O) groups is 1. The van der Waals surface area contributed by atoms with Crippen molar-refractivity contribution in [1.82, 2.24) is 0 Å². The van der Waals surface area contributed by atoms with Crippen LogP contribution >= 0.6 is 0 Å². The summed E-state index contributed by atoms with van der Waals surface area (Å²) in [6.07, 6.45) is 1.43. The Bertz CT molecular complexity index is 1070. The summed E-state index contributed by atoms with van der Waals surface area (Å²) in [5.41, 5.74) is 2.73. The van der Waals surface area contributed by atoms with Crippen molar-refractivity contribution in [3.05, 3.63) is 102 Å². The van der Waals surface area contributed by atoms with Gasteiger partial charge in [0.2, 0.25) is 0 Å². The molecule has 0 saturated carbocycles. The number of aliphatic hydroxyl groups is 1. The molecule has 0 amide bonds. The molecule has 6 rings (SSSR count). The second-order valence-corrected chi connectivity index (χ2v) is 9.75. The number of rotatable bonds is 8. The van der Waals surface area contributed by atoms with Gasteiger partial charge in [0, 0.05) is 24.4 Å². The number of nitrogens with one attached hydrogen (secondary N) is 1. The molecule has 3 aliphatic rings. The Morgan fingerprint density at radius 3 is 2.06 bits per heavy atom. The first-order chi connectivity index (χ1) is 16.6. The van der Waals surface area contributed by atoms with Gasteiger partial charge in [0.25, 0.3) is 0 Å². The van der Waals surface area contributed by atoms with Crippen LogP contribution in [0.3, 0.4) is 0 Å². The topological polar surface area (TPSA) is 58.6 Å². The Morgan fingerprint density at radius 1 is 0.882 bits per heavy atom. The molecule has 3 aromatic carbocycles. The van der Waals surface area contributed by atoms with Crippen molar-refractivity contribution in [2.24, 2.45) is 5.92 Å². The maximum atomic E-state index is 13.5. The molecule has 3 fully saturated rings. The largest absolute Gasteiger partial charge is 0.454 e. The van der Waals surface area contributed by atoms with Gasteiger partial charge in [-0.05, 0) is 23.3 Å². The van der Waals surface area contributed by atoms with Gasteiger partial charge in [-0.15, -0.1) is 0 Å². The fourth-order valence-corrected chi connectivity index (χ4v) is 5.60. The molecule has 0 aliphatic carbocycles. The number of fused-ring (bicyclic) bond motifs is 3. The van der Waals surface area contributed by atoms with Gasteiger partial charge < -0.3 is 19.6 Å². The molecule has 0 spiro atoms. The lowest BCUT2D eigenvalue weighted by Gasteiger charge is -2.52. The SMILES string of the molecule is O=C(O[C@H]1C[N+]2(CC(O)c3ccccc3)CCC1CC2)C(Nc1ccccc1)c1ccccc1. The predicted molar refractivity (Wildman–Crippen MR) is 133 cm³/mol. The van der Waals surface area contributed by atoms with Crippen molar-refractivity contribution in [1.29, 1.82) is 0 Å². The third-order valence-corrected chi connectivity index (χ3v) is 7.51. The normalized spacial score (nSPS) is 25.3. The van der Waals surface area contributed by atoms with E-state index in [1.165, 1.54) is 0 Å². The van der Waals surface area contributed by atoms with Crippen LogP contribution in [0.4, 0.5) is 5.69 Å². The number of benzene rings is 3. The predicted octanol–water partition coefficient (Wildman–Crippen LogP) is 4.73. The Morgan fingerprint density at radius 2 is 1.44 bits per heavy atom. The summed E-state index contributed by atoms with van der Waals surface area (Å²) in [6.45, 7) is 3.50. The first kappa shape index (κ1) is 22.6. The summed E-state index contributed by atoms with van der Waals surface area (Å²) < 4.78 is 7.04. The van der Waals surface area contributed by atoms with E-state index in [-0.39, 0.29) is 12.1 Å². The third kappa shape index (κ3) is 5.01. The number of hydrogen-bond donors (Lipinski definition) is 2. The summed E-state index contributed by atoms with van der Waals surface area (Å²) >= 11 is 0. The molecule has 3 aromatic rings. The molecule has 3 aliphatic heterocycles. The number of nitrogens with zero attached hydrogens (tertiary/aromatic N) is 1. The number of anilines is 1. The molecule has 3 saturated heterocycles. The zero-order chi connectivity index (χ0) is 23.4. The molecule has 0 radical (unpaired) electrons. The maximum absolute atomic E-state index is 13.5. The van der Waals surface area contributed by atoms with Gasteiger partial charge in [-0.3, -0.25) is 0 Å². The number of quaternary nitrogens is 1. The standard InChI is InChI=1S/C29H33N2O3/c32-26(22-10-4-1-5-11-22)20-31-18-16-23(17-19-31)27(21-31)34-29(33)28(24-12-6-2-7-13-24)30-25-14-8-3-9-15-25/h1-15,23,26-28,30,32H,16-21H2/q+1/t23?,26?,27-,28?,31?/m0/s1. The van der Waals surface area contributed by atoms with Crippen molar-refractivity contribution < 1.29 is 19.1 Å². The second kappa shape index (κ2) is 10.00. The Balaban J connectivity index is 1.30. The van der Waals surface area contributed by atoms with Crippen molar-refractivity contribution in [2.45, 2.75) is 31.1 Å². The Kier molecular flexibility index (Phi) is 6.66. The fourth-order valence-electron chi connectivity index (χ4n) is 5.60. The molecule has 2 unspecified atom stereocenters. The van der Waals surface area contributed by atoms with Crippen molar-refractivity contribution in [2.75, 3.05) is 31.5 Å². The number of esters is 1. The van der Waals surface area contributed by atoms with Crippen LogP contribution < -0.4 is 5.32 Å². The van der Waals surface area contributed by atoms with E-state index in [1.54, 1.807) is 0 Å². The Hall–Kier alpha value is -3.15. The zero-order valence-corrected chi connectivity index (χ0v) is 19.4. The van der Waals surface area contributed by atoms with Crippen LogP contribution in [0.1, 0.15) is 36.1 Å². The molecule has 3 atom stereocenters. The van der Waals surface area contributed by atoms with Crippen LogP contribution in [0.15, 0.2) is 91.0 Å². The average molecular weight is 458 g/mol. The molecular weight excluding hydrogens is 424 g/mol. The van der Waals surface area contributed by atoms with Crippen LogP contribution in [0.2, 0.25) is 0 Å². The third-order valence-electron chi connectivity index (χ3n) is 7.51. The number of carbonyl (C=O) groups excluding carboxylic acids is 1. The van der Waals surface area contributed by atoms with Gasteiger partial charge in [0.1, 0.15) is 19.2 Å². The van der Waals surface area contributed by atoms with Crippen LogP contribution in [0, 0.1) is 5.92 Å².